The van der Waals surface area contributed by atoms with Crippen LogP contribution in [0.15, 0.2) is 36.5 Å². The zero-order valence-electron chi connectivity index (χ0n) is 48.5. The number of esters is 3. The van der Waals surface area contributed by atoms with Gasteiger partial charge in [-0.05, 0) is 70.6 Å². The van der Waals surface area contributed by atoms with Gasteiger partial charge in [0, 0.05) is 19.3 Å². The minimum atomic E-state index is -0.773. The molecule has 6 nitrogen and oxygen atoms in total. The first-order valence-corrected chi connectivity index (χ1v) is 32.0. The summed E-state index contributed by atoms with van der Waals surface area (Å²) in [5.74, 6) is -0.888. The van der Waals surface area contributed by atoms with Crippen molar-refractivity contribution < 1.29 is 28.6 Å². The highest BCUT2D eigenvalue weighted by atomic mass is 16.6. The van der Waals surface area contributed by atoms with Crippen molar-refractivity contribution in [3.05, 3.63) is 36.5 Å². The summed E-state index contributed by atoms with van der Waals surface area (Å²) in [5, 5.41) is 0. The third-order valence-electron chi connectivity index (χ3n) is 14.4. The van der Waals surface area contributed by atoms with Gasteiger partial charge in [-0.25, -0.2) is 0 Å². The molecule has 1 unspecified atom stereocenters. The van der Waals surface area contributed by atoms with Crippen LogP contribution < -0.4 is 0 Å². The van der Waals surface area contributed by atoms with E-state index in [9.17, 15) is 14.4 Å². The van der Waals surface area contributed by atoms with Gasteiger partial charge in [-0.2, -0.15) is 0 Å². The van der Waals surface area contributed by atoms with Crippen molar-refractivity contribution in [2.45, 2.75) is 354 Å². The summed E-state index contributed by atoms with van der Waals surface area (Å²) in [7, 11) is 0. The highest BCUT2D eigenvalue weighted by Gasteiger charge is 2.19. The molecule has 6 heteroatoms. The van der Waals surface area contributed by atoms with Gasteiger partial charge in [-0.3, -0.25) is 14.4 Å². The number of hydrogen-bond acceptors (Lipinski definition) is 6. The van der Waals surface area contributed by atoms with Gasteiger partial charge in [0.25, 0.3) is 0 Å². The molecule has 0 N–H and O–H groups in total. The van der Waals surface area contributed by atoms with Crippen molar-refractivity contribution in [3.63, 3.8) is 0 Å². The van der Waals surface area contributed by atoms with E-state index in [1.165, 1.54) is 218 Å². The van der Waals surface area contributed by atoms with E-state index in [0.29, 0.717) is 19.3 Å². The van der Waals surface area contributed by atoms with E-state index in [1.54, 1.807) is 0 Å². The second kappa shape index (κ2) is 61.2. The Bertz CT molecular complexity index is 1210. The van der Waals surface area contributed by atoms with Crippen molar-refractivity contribution in [2.75, 3.05) is 13.2 Å². The molecular formula is C66H122O6. The highest BCUT2D eigenvalue weighted by molar-refractivity contribution is 5.71. The van der Waals surface area contributed by atoms with E-state index in [4.69, 9.17) is 14.2 Å². The van der Waals surface area contributed by atoms with Crippen molar-refractivity contribution >= 4 is 17.9 Å². The number of ether oxygens (including phenoxy) is 3. The van der Waals surface area contributed by atoms with Crippen LogP contribution in [0.2, 0.25) is 0 Å². The van der Waals surface area contributed by atoms with Crippen LogP contribution >= 0.6 is 0 Å². The average molecular weight is 1010 g/mol. The standard InChI is InChI=1S/C66H122O6/c1-4-7-10-13-15-17-19-21-23-24-25-26-27-28-29-30-31-32-33-34-35-36-37-38-39-40-41-42-43-45-46-48-50-53-56-59-65(68)71-62-63(61-70-64(67)58-55-52-12-9-6-3)72-66(69)60-57-54-51-49-47-44-22-20-18-16-14-11-8-5-2/h14,16,20,22,24-25,63H,4-13,15,17-19,21,23,26-62H2,1-3H3/b16-14-,22-20-,25-24-. The molecule has 0 radical (unpaired) electrons. The van der Waals surface area contributed by atoms with Gasteiger partial charge in [0.2, 0.25) is 0 Å². The second-order valence-corrected chi connectivity index (χ2v) is 21.7. The molecule has 0 saturated carbocycles. The summed E-state index contributed by atoms with van der Waals surface area (Å²) in [5.41, 5.74) is 0. The average Bonchev–Trinajstić information content (AvgIpc) is 3.38. The first-order chi connectivity index (χ1) is 35.5. The lowest BCUT2D eigenvalue weighted by Gasteiger charge is -2.18. The van der Waals surface area contributed by atoms with Crippen LogP contribution in [0.4, 0.5) is 0 Å². The molecule has 0 amide bonds. The zero-order chi connectivity index (χ0) is 52.2. The van der Waals surface area contributed by atoms with E-state index in [-0.39, 0.29) is 31.1 Å². The molecule has 422 valence electrons. The normalized spacial score (nSPS) is 12.2. The van der Waals surface area contributed by atoms with Gasteiger partial charge < -0.3 is 14.2 Å². The van der Waals surface area contributed by atoms with Crippen LogP contribution in [0.3, 0.4) is 0 Å². The molecule has 0 aliphatic carbocycles. The van der Waals surface area contributed by atoms with Crippen LogP contribution in [0.25, 0.3) is 0 Å². The van der Waals surface area contributed by atoms with E-state index in [2.05, 4.69) is 57.2 Å². The van der Waals surface area contributed by atoms with Crippen molar-refractivity contribution in [1.82, 2.24) is 0 Å². The first kappa shape index (κ1) is 69.6. The largest absolute Gasteiger partial charge is 0.462 e. The number of rotatable bonds is 59. The molecule has 0 rings (SSSR count). The Morgan fingerprint density at radius 3 is 0.819 bits per heavy atom. The van der Waals surface area contributed by atoms with Crippen LogP contribution in [0.1, 0.15) is 348 Å². The molecule has 0 aromatic carbocycles. The molecule has 0 saturated heterocycles. The topological polar surface area (TPSA) is 78.9 Å². The number of carbonyl (C=O) groups is 3. The molecule has 0 bridgehead atoms. The Morgan fingerprint density at radius 1 is 0.278 bits per heavy atom. The summed E-state index contributed by atoms with van der Waals surface area (Å²) in [6.07, 6.45) is 75.2. The minimum Gasteiger partial charge on any atom is -0.462 e. The maximum atomic E-state index is 12.7. The van der Waals surface area contributed by atoms with Gasteiger partial charge >= 0.3 is 17.9 Å². The van der Waals surface area contributed by atoms with Crippen molar-refractivity contribution in [3.8, 4) is 0 Å². The van der Waals surface area contributed by atoms with Gasteiger partial charge in [0.1, 0.15) is 13.2 Å². The molecule has 0 heterocycles. The van der Waals surface area contributed by atoms with Gasteiger partial charge in [0.15, 0.2) is 6.10 Å². The van der Waals surface area contributed by atoms with Crippen LogP contribution in [-0.4, -0.2) is 37.2 Å². The Kier molecular flexibility index (Phi) is 59.2. The Balaban J connectivity index is 3.83. The third-order valence-corrected chi connectivity index (χ3v) is 14.4. The predicted molar refractivity (Wildman–Crippen MR) is 312 cm³/mol. The van der Waals surface area contributed by atoms with E-state index in [0.717, 1.165) is 89.9 Å². The highest BCUT2D eigenvalue weighted by Crippen LogP contribution is 2.18. The maximum absolute atomic E-state index is 12.7. The molecule has 0 fully saturated rings. The summed E-state index contributed by atoms with van der Waals surface area (Å²) in [4.78, 5) is 37.8. The fourth-order valence-electron chi connectivity index (χ4n) is 9.52. The smallest absolute Gasteiger partial charge is 0.306 e. The first-order valence-electron chi connectivity index (χ1n) is 32.0. The fourth-order valence-corrected chi connectivity index (χ4v) is 9.52. The molecule has 72 heavy (non-hydrogen) atoms. The lowest BCUT2D eigenvalue weighted by molar-refractivity contribution is -0.167. The Morgan fingerprint density at radius 2 is 0.514 bits per heavy atom. The Labute approximate surface area is 448 Å². The number of hydrogen-bond donors (Lipinski definition) is 0. The summed E-state index contributed by atoms with van der Waals surface area (Å²) in [6, 6.07) is 0. The lowest BCUT2D eigenvalue weighted by atomic mass is 10.0. The predicted octanol–water partition coefficient (Wildman–Crippen LogP) is 21.6. The van der Waals surface area contributed by atoms with Gasteiger partial charge in [-0.15, -0.1) is 0 Å². The lowest BCUT2D eigenvalue weighted by Crippen LogP contribution is -2.30. The molecule has 0 aromatic rings. The second-order valence-electron chi connectivity index (χ2n) is 21.7. The molecular weight excluding hydrogens is 889 g/mol. The molecule has 0 spiro atoms. The number of unbranched alkanes of at least 4 members (excludes halogenated alkanes) is 42. The SMILES string of the molecule is CCCC/C=C\C/C=C\CCCCCCCC(=O)OC(COC(=O)CCCCCCC)COC(=O)CCCCCCCCCCCCCCCCCCCCCCCCC/C=C\CCCCCCCCCC. The molecule has 0 aliphatic rings. The summed E-state index contributed by atoms with van der Waals surface area (Å²) in [6.45, 7) is 6.54. The van der Waals surface area contributed by atoms with Crippen molar-refractivity contribution in [2.24, 2.45) is 0 Å². The van der Waals surface area contributed by atoms with E-state index in [1.807, 2.05) is 0 Å². The van der Waals surface area contributed by atoms with Crippen LogP contribution in [-0.2, 0) is 28.6 Å². The zero-order valence-corrected chi connectivity index (χ0v) is 48.5. The third kappa shape index (κ3) is 58.5. The summed E-state index contributed by atoms with van der Waals surface area (Å²) >= 11 is 0. The number of allylic oxidation sites excluding steroid dienone is 6. The Hall–Kier alpha value is -2.37. The van der Waals surface area contributed by atoms with Crippen LogP contribution in [0.5, 0.6) is 0 Å². The van der Waals surface area contributed by atoms with Gasteiger partial charge in [-0.1, -0.05) is 295 Å². The number of carbonyl (C=O) groups excluding carboxylic acids is 3. The van der Waals surface area contributed by atoms with Crippen molar-refractivity contribution in [1.29, 1.82) is 0 Å². The molecule has 0 aromatic heterocycles. The fraction of sp³-hybridized carbons (Fsp3) is 0.864. The summed E-state index contributed by atoms with van der Waals surface area (Å²) < 4.78 is 16.7. The van der Waals surface area contributed by atoms with Gasteiger partial charge in [0.05, 0.1) is 0 Å². The molecule has 1 atom stereocenters. The monoisotopic (exact) mass is 1010 g/mol. The van der Waals surface area contributed by atoms with E-state index >= 15 is 0 Å². The van der Waals surface area contributed by atoms with Crippen LogP contribution in [0, 0.1) is 0 Å². The maximum Gasteiger partial charge on any atom is 0.306 e. The quantitative estimate of drug-likeness (QED) is 0.0261. The molecule has 0 aliphatic heterocycles. The minimum absolute atomic E-state index is 0.0745. The van der Waals surface area contributed by atoms with E-state index < -0.39 is 6.10 Å².